The molecule has 0 spiro atoms. The molecule has 1 aliphatic rings. The second kappa shape index (κ2) is 27.4. The quantitative estimate of drug-likeness (QED) is 0.0322. The number of carbonyl (C=O) groups excluding carboxylic acids is 8. The lowest BCUT2D eigenvalue weighted by Crippen LogP contribution is -2.60. The van der Waals surface area contributed by atoms with Crippen LogP contribution in [0.25, 0.3) is 0 Å². The van der Waals surface area contributed by atoms with Crippen LogP contribution < -0.4 is 49.1 Å². The van der Waals surface area contributed by atoms with E-state index < -0.39 is 121 Å². The van der Waals surface area contributed by atoms with Gasteiger partial charge in [0.25, 0.3) is 0 Å². The number of aliphatic carboxylic acids is 2. The van der Waals surface area contributed by atoms with Crippen LogP contribution in [0.3, 0.4) is 0 Å². The lowest BCUT2D eigenvalue weighted by molar-refractivity contribution is -0.145. The van der Waals surface area contributed by atoms with Crippen molar-refractivity contribution in [2.75, 3.05) is 26.2 Å². The summed E-state index contributed by atoms with van der Waals surface area (Å²) in [5.74, 6) is -9.33. The molecule has 346 valence electrons. The molecule has 8 amide bonds. The van der Waals surface area contributed by atoms with Gasteiger partial charge >= 0.3 is 11.9 Å². The van der Waals surface area contributed by atoms with E-state index in [4.69, 9.17) is 22.3 Å². The fourth-order valence-electron chi connectivity index (χ4n) is 6.47. The molecule has 1 heterocycles. The first-order chi connectivity index (χ1) is 28.6. The van der Waals surface area contributed by atoms with Gasteiger partial charge in [-0.25, -0.2) is 4.79 Å². The van der Waals surface area contributed by atoms with Gasteiger partial charge in [-0.05, 0) is 76.2 Å². The van der Waals surface area contributed by atoms with Crippen molar-refractivity contribution in [2.45, 2.75) is 141 Å². The molecule has 0 aromatic heterocycles. The molecule has 23 heteroatoms. The van der Waals surface area contributed by atoms with Crippen LogP contribution in [0.4, 0.5) is 0 Å². The summed E-state index contributed by atoms with van der Waals surface area (Å²) in [6.07, 6.45) is 0.265. The minimum Gasteiger partial charge on any atom is -0.481 e. The van der Waals surface area contributed by atoms with Crippen LogP contribution in [0, 0.1) is 11.8 Å². The van der Waals surface area contributed by atoms with Gasteiger partial charge in [-0.2, -0.15) is 0 Å². The first-order valence-corrected chi connectivity index (χ1v) is 20.5. The number of nitrogens with two attached hydrogens (primary N) is 3. The number of carboxylic acid groups (broad SMARTS) is 2. The van der Waals surface area contributed by atoms with E-state index in [9.17, 15) is 58.2 Å². The Morgan fingerprint density at radius 1 is 0.689 bits per heavy atom. The van der Waals surface area contributed by atoms with Crippen molar-refractivity contribution in [1.29, 1.82) is 0 Å². The van der Waals surface area contributed by atoms with E-state index in [2.05, 4.69) is 31.9 Å². The number of carbonyl (C=O) groups is 10. The summed E-state index contributed by atoms with van der Waals surface area (Å²) in [5, 5.41) is 43.1. The summed E-state index contributed by atoms with van der Waals surface area (Å²) in [4.78, 5) is 128. The van der Waals surface area contributed by atoms with Gasteiger partial charge in [0, 0.05) is 19.4 Å². The molecule has 1 aliphatic heterocycles. The van der Waals surface area contributed by atoms with E-state index in [1.165, 1.54) is 4.90 Å². The predicted octanol–water partition coefficient (Wildman–Crippen LogP) is -3.73. The van der Waals surface area contributed by atoms with Crippen molar-refractivity contribution >= 4 is 59.2 Å². The maximum atomic E-state index is 14.0. The predicted molar refractivity (Wildman–Crippen MR) is 217 cm³/mol. The Morgan fingerprint density at radius 2 is 1.26 bits per heavy atom. The summed E-state index contributed by atoms with van der Waals surface area (Å²) >= 11 is 0. The van der Waals surface area contributed by atoms with Gasteiger partial charge < -0.3 is 69.3 Å². The topological polar surface area (TPSA) is 385 Å². The Hall–Kier alpha value is -5.42. The summed E-state index contributed by atoms with van der Waals surface area (Å²) in [6, 6.07) is -9.18. The highest BCUT2D eigenvalue weighted by molar-refractivity contribution is 5.97. The maximum Gasteiger partial charge on any atom is 0.326 e. The van der Waals surface area contributed by atoms with Gasteiger partial charge in [0.1, 0.15) is 36.3 Å². The van der Waals surface area contributed by atoms with Crippen LogP contribution in [-0.4, -0.2) is 148 Å². The number of unbranched alkanes of at least 4 members (excludes halogenated alkanes) is 1. The van der Waals surface area contributed by atoms with Crippen LogP contribution in [0.15, 0.2) is 0 Å². The molecule has 1 rings (SSSR count). The average molecular weight is 871 g/mol. The summed E-state index contributed by atoms with van der Waals surface area (Å²) in [7, 11) is 0. The highest BCUT2D eigenvalue weighted by Gasteiger charge is 2.40. The fraction of sp³-hybridized carbons (Fsp3) is 0.737. The number of primary amides is 1. The van der Waals surface area contributed by atoms with Gasteiger partial charge in [0.2, 0.25) is 47.3 Å². The number of carboxylic acids is 2. The average Bonchev–Trinajstić information content (AvgIpc) is 3.67. The smallest absolute Gasteiger partial charge is 0.326 e. The van der Waals surface area contributed by atoms with Gasteiger partial charge in [0.05, 0.1) is 19.2 Å². The minimum atomic E-state index is -1.67. The van der Waals surface area contributed by atoms with Gasteiger partial charge in [-0.1, -0.05) is 27.7 Å². The Labute approximate surface area is 354 Å². The van der Waals surface area contributed by atoms with Gasteiger partial charge in [-0.3, -0.25) is 43.2 Å². The zero-order valence-corrected chi connectivity index (χ0v) is 35.4. The Balaban J connectivity index is 3.19. The normalized spacial score (nSPS) is 16.6. The molecule has 1 fully saturated rings. The van der Waals surface area contributed by atoms with Crippen molar-refractivity contribution in [3.63, 3.8) is 0 Å². The number of likely N-dealkylation sites (tertiary alicyclic amines) is 1. The number of nitrogens with zero attached hydrogens (tertiary/aromatic N) is 1. The second-order valence-corrected chi connectivity index (χ2v) is 15.9. The molecule has 0 aromatic rings. The number of amides is 8. The lowest BCUT2D eigenvalue weighted by Gasteiger charge is -2.31. The number of hydrogen-bond acceptors (Lipinski definition) is 13. The monoisotopic (exact) mass is 870 g/mol. The molecular formula is C38H66N10O13. The third-order valence-electron chi connectivity index (χ3n) is 9.63. The lowest BCUT2D eigenvalue weighted by atomic mass is 10.0. The fourth-order valence-corrected chi connectivity index (χ4v) is 6.47. The van der Waals surface area contributed by atoms with Crippen LogP contribution in [0.1, 0.15) is 98.3 Å². The summed E-state index contributed by atoms with van der Waals surface area (Å²) < 4.78 is 0. The molecule has 15 N–H and O–H groups in total. The number of rotatable bonds is 29. The summed E-state index contributed by atoms with van der Waals surface area (Å²) in [6.45, 7) is 6.06. The highest BCUT2D eigenvalue weighted by Crippen LogP contribution is 2.21. The maximum absolute atomic E-state index is 14.0. The third-order valence-corrected chi connectivity index (χ3v) is 9.63. The Morgan fingerprint density at radius 3 is 1.82 bits per heavy atom. The van der Waals surface area contributed by atoms with E-state index >= 15 is 0 Å². The molecule has 1 saturated heterocycles. The first kappa shape index (κ1) is 53.6. The van der Waals surface area contributed by atoms with Crippen LogP contribution in [-0.2, 0) is 47.9 Å². The number of aliphatic hydroxyl groups is 1. The SMILES string of the molecule is CC(C)C[C@H](NC(=O)[C@H](CO)NC(=O)[C@H](CCC(N)=O)NC(=O)CNC(=O)[C@@H](N)CC(C)C)C(=O)N[C@@H](CCCCN)C(=O)N1CCC[C@H]1C(=O)N[C@@H](CCC(=O)O)C(=O)O. The molecule has 7 atom stereocenters. The summed E-state index contributed by atoms with van der Waals surface area (Å²) in [5.41, 5.74) is 16.8. The molecule has 0 saturated carbocycles. The van der Waals surface area contributed by atoms with Crippen molar-refractivity contribution < 1.29 is 63.3 Å². The van der Waals surface area contributed by atoms with Crippen molar-refractivity contribution in [3.8, 4) is 0 Å². The van der Waals surface area contributed by atoms with E-state index in [0.29, 0.717) is 25.7 Å². The van der Waals surface area contributed by atoms with Crippen molar-refractivity contribution in [3.05, 3.63) is 0 Å². The van der Waals surface area contributed by atoms with Gasteiger partial charge in [0.15, 0.2) is 0 Å². The van der Waals surface area contributed by atoms with E-state index in [1.807, 2.05) is 13.8 Å². The largest absolute Gasteiger partial charge is 0.481 e. The molecular weight excluding hydrogens is 804 g/mol. The molecule has 23 nitrogen and oxygen atoms in total. The third kappa shape index (κ3) is 20.1. The molecule has 0 unspecified atom stereocenters. The van der Waals surface area contributed by atoms with Crippen molar-refractivity contribution in [1.82, 2.24) is 36.8 Å². The van der Waals surface area contributed by atoms with E-state index in [0.717, 1.165) is 0 Å². The molecule has 0 radical (unpaired) electrons. The molecule has 0 bridgehead atoms. The minimum absolute atomic E-state index is 0.0267. The standard InChI is InChI=1S/C38H66N10O13/c1-20(2)16-22(40)32(54)42-18-30(51)43-23(10-12-29(41)50)33(55)47-27(19-49)35(57)46-26(17-21(3)4)34(56)44-24(8-5-6-14-39)37(59)48-15-7-9-28(48)36(58)45-25(38(60)61)11-13-31(52)53/h20-28,49H,5-19,39-40H2,1-4H3,(H2,41,50)(H,42,54)(H,43,51)(H,44,56)(H,45,58)(H,46,57)(H,47,55)(H,52,53)(H,60,61)/t22-,23-,24-,25-,26-,27-,28-/m0/s1. The molecule has 0 aliphatic carbocycles. The number of aliphatic hydroxyl groups excluding tert-OH is 1. The first-order valence-electron chi connectivity index (χ1n) is 20.5. The zero-order valence-electron chi connectivity index (χ0n) is 35.4. The second-order valence-electron chi connectivity index (χ2n) is 15.9. The molecule has 61 heavy (non-hydrogen) atoms. The van der Waals surface area contributed by atoms with Gasteiger partial charge in [-0.15, -0.1) is 0 Å². The zero-order chi connectivity index (χ0) is 46.4. The molecule has 0 aromatic carbocycles. The number of nitrogens with one attached hydrogen (secondary N) is 6. The van der Waals surface area contributed by atoms with E-state index in [-0.39, 0.29) is 63.5 Å². The van der Waals surface area contributed by atoms with Crippen LogP contribution in [0.5, 0.6) is 0 Å². The van der Waals surface area contributed by atoms with Crippen LogP contribution in [0.2, 0.25) is 0 Å². The van der Waals surface area contributed by atoms with E-state index in [1.54, 1.807) is 13.8 Å². The highest BCUT2D eigenvalue weighted by atomic mass is 16.4. The Bertz CT molecular complexity index is 1550. The van der Waals surface area contributed by atoms with Crippen LogP contribution >= 0.6 is 0 Å². The van der Waals surface area contributed by atoms with Crippen molar-refractivity contribution in [2.24, 2.45) is 29.0 Å². The number of hydrogen-bond donors (Lipinski definition) is 12. The Kier molecular flexibility index (Phi) is 24.1.